The Morgan fingerprint density at radius 3 is 2.45 bits per heavy atom. The first kappa shape index (κ1) is 17.3. The molecule has 0 aliphatic heterocycles. The van der Waals surface area contributed by atoms with Crippen molar-refractivity contribution in [2.45, 2.75) is 39.0 Å². The first-order chi connectivity index (χ1) is 9.28. The van der Waals surface area contributed by atoms with E-state index >= 15 is 0 Å². The second kappa shape index (κ2) is 9.21. The largest absolute Gasteiger partial charge is 0.370 e. The second-order valence-electron chi connectivity index (χ2n) is 5.37. The summed E-state index contributed by atoms with van der Waals surface area (Å²) in [5.74, 6) is 1.37. The van der Waals surface area contributed by atoms with E-state index in [2.05, 4.69) is 41.5 Å². The molecule has 0 heterocycles. The summed E-state index contributed by atoms with van der Waals surface area (Å²) in [7, 11) is 0. The SMILES string of the molecule is CCc1ccc(CCNC(N)=NCC2CCC2)cc1.I. The van der Waals surface area contributed by atoms with Crippen LogP contribution in [0, 0.1) is 5.92 Å². The summed E-state index contributed by atoms with van der Waals surface area (Å²) in [6.07, 6.45) is 6.09. The van der Waals surface area contributed by atoms with Crippen molar-refractivity contribution in [1.82, 2.24) is 5.32 Å². The number of nitrogens with zero attached hydrogens (tertiary/aromatic N) is 1. The molecule has 0 unspecified atom stereocenters. The van der Waals surface area contributed by atoms with Gasteiger partial charge in [0, 0.05) is 13.1 Å². The molecule has 0 radical (unpaired) electrons. The highest BCUT2D eigenvalue weighted by molar-refractivity contribution is 14.0. The summed E-state index contributed by atoms with van der Waals surface area (Å²) in [6.45, 7) is 3.92. The fourth-order valence-corrected chi connectivity index (χ4v) is 2.24. The molecule has 2 rings (SSSR count). The molecule has 0 saturated heterocycles. The Balaban J connectivity index is 0.00000200. The lowest BCUT2D eigenvalue weighted by molar-refractivity contribution is 0.326. The van der Waals surface area contributed by atoms with Gasteiger partial charge in [-0.15, -0.1) is 24.0 Å². The number of nitrogens with two attached hydrogens (primary N) is 1. The number of hydrogen-bond donors (Lipinski definition) is 2. The molecular formula is C16H26IN3. The summed E-state index contributed by atoms with van der Waals surface area (Å²) in [4.78, 5) is 4.39. The van der Waals surface area contributed by atoms with E-state index in [1.165, 1.54) is 30.4 Å². The van der Waals surface area contributed by atoms with Crippen LogP contribution in [0.4, 0.5) is 0 Å². The molecule has 3 N–H and O–H groups in total. The van der Waals surface area contributed by atoms with Gasteiger partial charge in [-0.2, -0.15) is 0 Å². The minimum atomic E-state index is 0. The van der Waals surface area contributed by atoms with Crippen LogP contribution in [0.15, 0.2) is 29.3 Å². The molecule has 1 aliphatic carbocycles. The molecule has 1 aromatic rings. The Bertz CT molecular complexity index is 410. The fourth-order valence-electron chi connectivity index (χ4n) is 2.24. The van der Waals surface area contributed by atoms with E-state index in [1.807, 2.05) is 0 Å². The number of benzene rings is 1. The fraction of sp³-hybridized carbons (Fsp3) is 0.562. The third kappa shape index (κ3) is 5.69. The van der Waals surface area contributed by atoms with Crippen LogP contribution in [-0.4, -0.2) is 19.0 Å². The number of aryl methyl sites for hydroxylation is 1. The molecule has 0 amide bonds. The third-order valence-corrected chi connectivity index (χ3v) is 3.90. The van der Waals surface area contributed by atoms with E-state index in [4.69, 9.17) is 5.73 Å². The summed E-state index contributed by atoms with van der Waals surface area (Å²) in [5, 5.41) is 3.19. The van der Waals surface area contributed by atoms with Crippen LogP contribution < -0.4 is 11.1 Å². The van der Waals surface area contributed by atoms with E-state index in [-0.39, 0.29) is 24.0 Å². The van der Waals surface area contributed by atoms with E-state index in [0.29, 0.717) is 5.96 Å². The first-order valence-electron chi connectivity index (χ1n) is 7.39. The van der Waals surface area contributed by atoms with Gasteiger partial charge in [-0.3, -0.25) is 4.99 Å². The highest BCUT2D eigenvalue weighted by Crippen LogP contribution is 2.26. The molecule has 0 atom stereocenters. The Morgan fingerprint density at radius 1 is 1.25 bits per heavy atom. The van der Waals surface area contributed by atoms with Crippen LogP contribution >= 0.6 is 24.0 Å². The van der Waals surface area contributed by atoms with Gasteiger partial charge in [0.2, 0.25) is 0 Å². The highest BCUT2D eigenvalue weighted by atomic mass is 127. The maximum atomic E-state index is 5.85. The Hall–Kier alpha value is -0.780. The van der Waals surface area contributed by atoms with Crippen molar-refractivity contribution < 1.29 is 0 Å². The Kier molecular flexibility index (Phi) is 7.95. The van der Waals surface area contributed by atoms with E-state index in [0.717, 1.165) is 31.8 Å². The molecule has 1 fully saturated rings. The lowest BCUT2D eigenvalue weighted by Gasteiger charge is -2.23. The van der Waals surface area contributed by atoms with Crippen LogP contribution in [0.3, 0.4) is 0 Å². The maximum Gasteiger partial charge on any atom is 0.188 e. The van der Waals surface area contributed by atoms with Crippen molar-refractivity contribution in [3.8, 4) is 0 Å². The molecule has 0 bridgehead atoms. The molecule has 0 spiro atoms. The van der Waals surface area contributed by atoms with E-state index in [1.54, 1.807) is 0 Å². The molecule has 1 aromatic carbocycles. The molecule has 20 heavy (non-hydrogen) atoms. The minimum Gasteiger partial charge on any atom is -0.370 e. The molecule has 112 valence electrons. The van der Waals surface area contributed by atoms with Gasteiger partial charge in [-0.05, 0) is 42.7 Å². The third-order valence-electron chi connectivity index (χ3n) is 3.90. The smallest absolute Gasteiger partial charge is 0.188 e. The Labute approximate surface area is 139 Å². The second-order valence-corrected chi connectivity index (χ2v) is 5.37. The van der Waals surface area contributed by atoms with Gasteiger partial charge in [0.25, 0.3) is 0 Å². The zero-order valence-corrected chi connectivity index (χ0v) is 14.6. The average molecular weight is 387 g/mol. The predicted octanol–water partition coefficient (Wildman–Crippen LogP) is 3.11. The quantitative estimate of drug-likeness (QED) is 0.448. The van der Waals surface area contributed by atoms with Crippen molar-refractivity contribution in [2.24, 2.45) is 16.6 Å². The van der Waals surface area contributed by atoms with Gasteiger partial charge in [-0.1, -0.05) is 37.6 Å². The normalized spacial score (nSPS) is 15.3. The molecule has 1 aliphatic rings. The van der Waals surface area contributed by atoms with Gasteiger partial charge in [0.15, 0.2) is 5.96 Å². The summed E-state index contributed by atoms with van der Waals surface area (Å²) < 4.78 is 0. The van der Waals surface area contributed by atoms with E-state index < -0.39 is 0 Å². The van der Waals surface area contributed by atoms with Crippen LogP contribution in [0.1, 0.15) is 37.3 Å². The van der Waals surface area contributed by atoms with Gasteiger partial charge >= 0.3 is 0 Å². The number of halogens is 1. The van der Waals surface area contributed by atoms with Gasteiger partial charge in [0.1, 0.15) is 0 Å². The van der Waals surface area contributed by atoms with Crippen LogP contribution in [0.25, 0.3) is 0 Å². The molecule has 0 aromatic heterocycles. The number of guanidine groups is 1. The molecular weight excluding hydrogens is 361 g/mol. The van der Waals surface area contributed by atoms with Gasteiger partial charge in [-0.25, -0.2) is 0 Å². The molecule has 4 heteroatoms. The zero-order valence-electron chi connectivity index (χ0n) is 12.3. The van der Waals surface area contributed by atoms with Gasteiger partial charge < -0.3 is 11.1 Å². The number of rotatable bonds is 6. The Morgan fingerprint density at radius 2 is 1.90 bits per heavy atom. The summed E-state index contributed by atoms with van der Waals surface area (Å²) in [6, 6.07) is 8.79. The zero-order chi connectivity index (χ0) is 13.5. The van der Waals surface area contributed by atoms with E-state index in [9.17, 15) is 0 Å². The summed E-state index contributed by atoms with van der Waals surface area (Å²) in [5.41, 5.74) is 8.58. The standard InChI is InChI=1S/C16H25N3.HI/c1-2-13-6-8-14(9-7-13)10-11-18-16(17)19-12-15-4-3-5-15;/h6-9,15H,2-5,10-12H2,1H3,(H3,17,18,19);1H. The van der Waals surface area contributed by atoms with Crippen LogP contribution in [0.5, 0.6) is 0 Å². The number of nitrogens with one attached hydrogen (secondary N) is 1. The lowest BCUT2D eigenvalue weighted by Crippen LogP contribution is -2.34. The monoisotopic (exact) mass is 387 g/mol. The summed E-state index contributed by atoms with van der Waals surface area (Å²) >= 11 is 0. The minimum absolute atomic E-state index is 0. The highest BCUT2D eigenvalue weighted by Gasteiger charge is 2.16. The maximum absolute atomic E-state index is 5.85. The van der Waals surface area contributed by atoms with Crippen molar-refractivity contribution in [3.05, 3.63) is 35.4 Å². The van der Waals surface area contributed by atoms with Crippen LogP contribution in [0.2, 0.25) is 0 Å². The average Bonchev–Trinajstić information content (AvgIpc) is 2.38. The lowest BCUT2D eigenvalue weighted by atomic mass is 9.86. The van der Waals surface area contributed by atoms with Crippen molar-refractivity contribution in [1.29, 1.82) is 0 Å². The van der Waals surface area contributed by atoms with Crippen molar-refractivity contribution in [3.63, 3.8) is 0 Å². The first-order valence-corrected chi connectivity index (χ1v) is 7.39. The predicted molar refractivity (Wildman–Crippen MR) is 96.8 cm³/mol. The number of aliphatic imine (C=N–C) groups is 1. The van der Waals surface area contributed by atoms with Crippen molar-refractivity contribution >= 4 is 29.9 Å². The molecule has 3 nitrogen and oxygen atoms in total. The van der Waals surface area contributed by atoms with Gasteiger partial charge in [0.05, 0.1) is 0 Å². The molecule has 1 saturated carbocycles. The van der Waals surface area contributed by atoms with Crippen molar-refractivity contribution in [2.75, 3.05) is 13.1 Å². The topological polar surface area (TPSA) is 50.4 Å². The van der Waals surface area contributed by atoms with Crippen LogP contribution in [-0.2, 0) is 12.8 Å². The number of hydrogen-bond acceptors (Lipinski definition) is 1.